The fourth-order valence-electron chi connectivity index (χ4n) is 4.60. The van der Waals surface area contributed by atoms with E-state index in [0.29, 0.717) is 23.0 Å². The molecule has 7 nitrogen and oxygen atoms in total. The van der Waals surface area contributed by atoms with E-state index >= 15 is 0 Å². The van der Waals surface area contributed by atoms with Crippen molar-refractivity contribution in [3.8, 4) is 5.75 Å². The number of benzene rings is 2. The standard InChI is InChI=1S/C25H25N3O4S2/c1-2-32-16-9-10-19-21(13-16)34-25(26-19)27-22(29)14-28-11-5-6-15(28)12-18-17-7-3-4-8-20(17)33-23(18)24(30)31/h3-4,7-10,13,15H,2,5-6,11-12,14H2,1H3,(H,30,31)(H,26,27,29). The lowest BCUT2D eigenvalue weighted by Crippen LogP contribution is -2.38. The van der Waals surface area contributed by atoms with Gasteiger partial charge in [0.15, 0.2) is 5.13 Å². The zero-order valence-corrected chi connectivity index (χ0v) is 20.4. The first-order chi connectivity index (χ1) is 16.5. The van der Waals surface area contributed by atoms with Crippen molar-refractivity contribution in [1.29, 1.82) is 0 Å². The van der Waals surface area contributed by atoms with Crippen LogP contribution >= 0.6 is 22.7 Å². The monoisotopic (exact) mass is 495 g/mol. The van der Waals surface area contributed by atoms with Gasteiger partial charge < -0.3 is 15.2 Å². The molecule has 0 saturated carbocycles. The lowest BCUT2D eigenvalue weighted by molar-refractivity contribution is -0.117. The quantitative estimate of drug-likeness (QED) is 0.347. The van der Waals surface area contributed by atoms with Crippen LogP contribution in [0.25, 0.3) is 20.3 Å². The molecule has 1 saturated heterocycles. The molecule has 2 aromatic carbocycles. The highest BCUT2D eigenvalue weighted by Crippen LogP contribution is 2.34. The number of nitrogens with one attached hydrogen (secondary N) is 1. The minimum absolute atomic E-state index is 0.107. The third-order valence-corrected chi connectivity index (χ3v) is 8.23. The Morgan fingerprint density at radius 2 is 2.06 bits per heavy atom. The van der Waals surface area contributed by atoms with Gasteiger partial charge in [-0.25, -0.2) is 9.78 Å². The smallest absolute Gasteiger partial charge is 0.346 e. The van der Waals surface area contributed by atoms with Crippen LogP contribution in [0.1, 0.15) is 35.0 Å². The molecule has 1 amide bonds. The van der Waals surface area contributed by atoms with E-state index in [2.05, 4.69) is 15.2 Å². The van der Waals surface area contributed by atoms with Gasteiger partial charge in [0.25, 0.3) is 0 Å². The van der Waals surface area contributed by atoms with E-state index in [0.717, 1.165) is 51.0 Å². The summed E-state index contributed by atoms with van der Waals surface area (Å²) in [5, 5.41) is 14.3. The number of rotatable bonds is 8. The van der Waals surface area contributed by atoms with Gasteiger partial charge in [0.05, 0.1) is 23.4 Å². The van der Waals surface area contributed by atoms with Gasteiger partial charge in [0.2, 0.25) is 5.91 Å². The second-order valence-corrected chi connectivity index (χ2v) is 10.4. The van der Waals surface area contributed by atoms with Crippen LogP contribution in [-0.4, -0.2) is 52.6 Å². The van der Waals surface area contributed by atoms with Crippen LogP contribution in [0.4, 0.5) is 5.13 Å². The van der Waals surface area contributed by atoms with E-state index in [1.807, 2.05) is 49.4 Å². The Bertz CT molecular complexity index is 1360. The number of carbonyl (C=O) groups excluding carboxylic acids is 1. The Kier molecular flexibility index (Phi) is 6.49. The number of hydrogen-bond acceptors (Lipinski definition) is 7. The molecule has 1 fully saturated rings. The summed E-state index contributed by atoms with van der Waals surface area (Å²) in [6.45, 7) is 3.62. The topological polar surface area (TPSA) is 91.8 Å². The fraction of sp³-hybridized carbons (Fsp3) is 0.320. The van der Waals surface area contributed by atoms with Crippen LogP contribution in [0.5, 0.6) is 5.75 Å². The number of aromatic nitrogens is 1. The number of carboxylic acids is 1. The zero-order valence-electron chi connectivity index (χ0n) is 18.7. The minimum Gasteiger partial charge on any atom is -0.494 e. The largest absolute Gasteiger partial charge is 0.494 e. The van der Waals surface area contributed by atoms with Gasteiger partial charge in [-0.3, -0.25) is 9.69 Å². The maximum atomic E-state index is 12.8. The molecule has 0 aliphatic carbocycles. The molecule has 4 aromatic rings. The molecular weight excluding hydrogens is 470 g/mol. The molecule has 1 atom stereocenters. The number of aromatic carboxylic acids is 1. The predicted octanol–water partition coefficient (Wildman–Crippen LogP) is 5.25. The average Bonchev–Trinajstić information content (AvgIpc) is 3.51. The van der Waals surface area contributed by atoms with Crippen molar-refractivity contribution in [3.63, 3.8) is 0 Å². The van der Waals surface area contributed by atoms with Gasteiger partial charge in [-0.15, -0.1) is 11.3 Å². The van der Waals surface area contributed by atoms with Crippen LogP contribution in [0.2, 0.25) is 0 Å². The Hall–Kier alpha value is -3.01. The highest BCUT2D eigenvalue weighted by molar-refractivity contribution is 7.22. The molecule has 0 bridgehead atoms. The first kappa shape index (κ1) is 22.8. The van der Waals surface area contributed by atoms with E-state index in [1.54, 1.807) is 0 Å². The molecule has 176 valence electrons. The zero-order chi connectivity index (χ0) is 23.7. The predicted molar refractivity (Wildman–Crippen MR) is 137 cm³/mol. The van der Waals surface area contributed by atoms with Gasteiger partial charge in [0.1, 0.15) is 10.6 Å². The van der Waals surface area contributed by atoms with Gasteiger partial charge in [-0.1, -0.05) is 29.5 Å². The average molecular weight is 496 g/mol. The lowest BCUT2D eigenvalue weighted by atomic mass is 10.0. The highest BCUT2D eigenvalue weighted by atomic mass is 32.1. The Labute approximate surface area is 205 Å². The van der Waals surface area contributed by atoms with Gasteiger partial charge >= 0.3 is 5.97 Å². The van der Waals surface area contributed by atoms with Gasteiger partial charge in [-0.05, 0) is 67.9 Å². The second kappa shape index (κ2) is 9.69. The van der Waals surface area contributed by atoms with E-state index < -0.39 is 5.97 Å². The lowest BCUT2D eigenvalue weighted by Gasteiger charge is -2.23. The number of likely N-dealkylation sites (tertiary alicyclic amines) is 1. The first-order valence-electron chi connectivity index (χ1n) is 11.3. The van der Waals surface area contributed by atoms with Crippen molar-refractivity contribution in [2.45, 2.75) is 32.2 Å². The number of carboxylic acid groups (broad SMARTS) is 1. The normalized spacial score (nSPS) is 16.3. The summed E-state index contributed by atoms with van der Waals surface area (Å²) in [4.78, 5) is 31.8. The molecule has 1 aliphatic heterocycles. The maximum absolute atomic E-state index is 12.8. The van der Waals surface area contributed by atoms with Crippen molar-refractivity contribution >= 4 is 60.0 Å². The number of thiophene rings is 1. The Morgan fingerprint density at radius 1 is 1.21 bits per heavy atom. The molecule has 0 spiro atoms. The van der Waals surface area contributed by atoms with E-state index in [1.165, 1.54) is 22.7 Å². The molecule has 9 heteroatoms. The number of nitrogens with zero attached hydrogens (tertiary/aromatic N) is 2. The summed E-state index contributed by atoms with van der Waals surface area (Å²) in [7, 11) is 0. The molecule has 1 unspecified atom stereocenters. The summed E-state index contributed by atoms with van der Waals surface area (Å²) in [5.74, 6) is -0.204. The van der Waals surface area contributed by atoms with Gasteiger partial charge in [0, 0.05) is 10.7 Å². The van der Waals surface area contributed by atoms with Crippen LogP contribution in [0.15, 0.2) is 42.5 Å². The number of amides is 1. The Morgan fingerprint density at radius 3 is 2.88 bits per heavy atom. The van der Waals surface area contributed by atoms with Crippen LogP contribution in [0, 0.1) is 0 Å². The molecule has 2 N–H and O–H groups in total. The van der Waals surface area contributed by atoms with Crippen LogP contribution in [0.3, 0.4) is 0 Å². The third-order valence-electron chi connectivity index (χ3n) is 6.10. The van der Waals surface area contributed by atoms with E-state index in [9.17, 15) is 14.7 Å². The van der Waals surface area contributed by atoms with Crippen LogP contribution in [-0.2, 0) is 11.2 Å². The van der Waals surface area contributed by atoms with Crippen molar-refractivity contribution in [2.75, 3.05) is 25.0 Å². The van der Waals surface area contributed by atoms with Crippen molar-refractivity contribution in [1.82, 2.24) is 9.88 Å². The Balaban J connectivity index is 1.28. The number of anilines is 1. The first-order valence-corrected chi connectivity index (χ1v) is 13.0. The number of fused-ring (bicyclic) bond motifs is 2. The molecular formula is C25H25N3O4S2. The summed E-state index contributed by atoms with van der Waals surface area (Å²) in [6.07, 6.45) is 2.56. The van der Waals surface area contributed by atoms with Gasteiger partial charge in [-0.2, -0.15) is 0 Å². The van der Waals surface area contributed by atoms with E-state index in [-0.39, 0.29) is 18.5 Å². The van der Waals surface area contributed by atoms with Crippen molar-refractivity contribution in [2.24, 2.45) is 0 Å². The highest BCUT2D eigenvalue weighted by Gasteiger charge is 2.29. The minimum atomic E-state index is -0.887. The maximum Gasteiger partial charge on any atom is 0.346 e. The summed E-state index contributed by atoms with van der Waals surface area (Å²) < 4.78 is 7.50. The SMILES string of the molecule is CCOc1ccc2nc(NC(=O)CN3CCCC3Cc3c(C(=O)O)sc4ccccc34)sc2c1. The molecule has 1 aliphatic rings. The molecule has 0 radical (unpaired) electrons. The summed E-state index contributed by atoms with van der Waals surface area (Å²) in [5.41, 5.74) is 1.70. The number of carbonyl (C=O) groups is 2. The number of ether oxygens (including phenoxy) is 1. The fourth-order valence-corrected chi connectivity index (χ4v) is 6.58. The molecule has 5 rings (SSSR count). The third kappa shape index (κ3) is 4.64. The summed E-state index contributed by atoms with van der Waals surface area (Å²) >= 11 is 2.75. The van der Waals surface area contributed by atoms with E-state index in [4.69, 9.17) is 4.74 Å². The van der Waals surface area contributed by atoms with Crippen LogP contribution < -0.4 is 10.1 Å². The molecule has 3 heterocycles. The second-order valence-electron chi connectivity index (χ2n) is 8.31. The number of hydrogen-bond donors (Lipinski definition) is 2. The van der Waals surface area contributed by atoms with Crippen molar-refractivity contribution < 1.29 is 19.4 Å². The molecule has 34 heavy (non-hydrogen) atoms. The summed E-state index contributed by atoms with van der Waals surface area (Å²) in [6, 6.07) is 13.7. The molecule has 2 aromatic heterocycles. The van der Waals surface area contributed by atoms with Crippen molar-refractivity contribution in [3.05, 3.63) is 52.9 Å². The number of thiazole rings is 1.